The first-order chi connectivity index (χ1) is 8.35. The van der Waals surface area contributed by atoms with Crippen molar-refractivity contribution < 1.29 is 13.2 Å². The molecule has 1 atom stereocenters. The molecule has 1 aliphatic rings. The van der Waals surface area contributed by atoms with Crippen LogP contribution in [0.1, 0.15) is 20.3 Å². The highest BCUT2D eigenvalue weighted by atomic mass is 32.2. The van der Waals surface area contributed by atoms with Crippen LogP contribution in [-0.4, -0.2) is 62.6 Å². The summed E-state index contributed by atoms with van der Waals surface area (Å²) in [4.78, 5) is 15.7. The van der Waals surface area contributed by atoms with Gasteiger partial charge in [0.15, 0.2) is 0 Å². The van der Waals surface area contributed by atoms with Crippen molar-refractivity contribution in [3.05, 3.63) is 0 Å². The molecule has 1 fully saturated rings. The Morgan fingerprint density at radius 1 is 1.39 bits per heavy atom. The SMILES string of the molecule is CCN(CC)CCN1CC(CS(N)(=O)=O)CC1=O. The van der Waals surface area contributed by atoms with Gasteiger partial charge < -0.3 is 9.80 Å². The number of sulfonamides is 1. The lowest BCUT2D eigenvalue weighted by Gasteiger charge is -2.23. The Labute approximate surface area is 109 Å². The number of nitrogens with zero attached hydrogens (tertiary/aromatic N) is 2. The van der Waals surface area contributed by atoms with Crippen LogP contribution < -0.4 is 5.14 Å². The van der Waals surface area contributed by atoms with Crippen molar-refractivity contribution in [1.82, 2.24) is 9.80 Å². The average Bonchev–Trinajstić information content (AvgIpc) is 2.58. The molecule has 0 aromatic heterocycles. The van der Waals surface area contributed by atoms with Gasteiger partial charge in [-0.1, -0.05) is 13.8 Å². The fourth-order valence-corrected chi connectivity index (χ4v) is 3.19. The molecular formula is C11H23N3O3S. The van der Waals surface area contributed by atoms with Crippen LogP contribution in [0, 0.1) is 5.92 Å². The van der Waals surface area contributed by atoms with Crippen molar-refractivity contribution in [3.63, 3.8) is 0 Å². The van der Waals surface area contributed by atoms with E-state index in [0.717, 1.165) is 19.6 Å². The van der Waals surface area contributed by atoms with E-state index in [1.54, 1.807) is 4.90 Å². The number of rotatable bonds is 7. The maximum atomic E-state index is 11.7. The first-order valence-electron chi connectivity index (χ1n) is 6.36. The van der Waals surface area contributed by atoms with E-state index >= 15 is 0 Å². The van der Waals surface area contributed by atoms with E-state index in [1.165, 1.54) is 0 Å². The molecule has 0 spiro atoms. The lowest BCUT2D eigenvalue weighted by atomic mass is 10.1. The molecule has 0 saturated carbocycles. The van der Waals surface area contributed by atoms with Crippen LogP contribution in [0.15, 0.2) is 0 Å². The van der Waals surface area contributed by atoms with E-state index in [1.807, 2.05) is 0 Å². The highest BCUT2D eigenvalue weighted by molar-refractivity contribution is 7.89. The minimum absolute atomic E-state index is 0.0378. The van der Waals surface area contributed by atoms with Gasteiger partial charge in [0, 0.05) is 32.0 Å². The molecule has 0 bridgehead atoms. The molecule has 1 aliphatic heterocycles. The number of primary sulfonamides is 1. The van der Waals surface area contributed by atoms with Crippen LogP contribution in [0.5, 0.6) is 0 Å². The number of carbonyl (C=O) groups is 1. The zero-order valence-electron chi connectivity index (χ0n) is 11.1. The normalized spacial score (nSPS) is 21.0. The van der Waals surface area contributed by atoms with Crippen molar-refractivity contribution in [1.29, 1.82) is 0 Å². The average molecular weight is 277 g/mol. The van der Waals surface area contributed by atoms with Crippen LogP contribution in [-0.2, 0) is 14.8 Å². The van der Waals surface area contributed by atoms with E-state index in [9.17, 15) is 13.2 Å². The van der Waals surface area contributed by atoms with Crippen molar-refractivity contribution in [2.24, 2.45) is 11.1 Å². The minimum atomic E-state index is -3.48. The van der Waals surface area contributed by atoms with Gasteiger partial charge >= 0.3 is 0 Å². The summed E-state index contributed by atoms with van der Waals surface area (Å²) >= 11 is 0. The van der Waals surface area contributed by atoms with Crippen LogP contribution in [0.2, 0.25) is 0 Å². The van der Waals surface area contributed by atoms with E-state index in [0.29, 0.717) is 19.5 Å². The van der Waals surface area contributed by atoms with Gasteiger partial charge in [-0.15, -0.1) is 0 Å². The highest BCUT2D eigenvalue weighted by Gasteiger charge is 2.31. The number of likely N-dealkylation sites (N-methyl/N-ethyl adjacent to an activating group) is 1. The number of hydrogen-bond donors (Lipinski definition) is 1. The second-order valence-electron chi connectivity index (χ2n) is 4.77. The molecule has 0 aliphatic carbocycles. The van der Waals surface area contributed by atoms with Gasteiger partial charge in [0.05, 0.1) is 5.75 Å². The van der Waals surface area contributed by atoms with Gasteiger partial charge in [-0.3, -0.25) is 4.79 Å². The van der Waals surface area contributed by atoms with E-state index in [4.69, 9.17) is 5.14 Å². The van der Waals surface area contributed by atoms with Gasteiger partial charge in [-0.2, -0.15) is 0 Å². The van der Waals surface area contributed by atoms with Gasteiger partial charge in [0.2, 0.25) is 15.9 Å². The molecule has 1 unspecified atom stereocenters. The second-order valence-corrected chi connectivity index (χ2v) is 6.43. The number of amides is 1. The van der Waals surface area contributed by atoms with E-state index < -0.39 is 10.0 Å². The molecule has 1 rings (SSSR count). The monoisotopic (exact) mass is 277 g/mol. The van der Waals surface area contributed by atoms with E-state index in [-0.39, 0.29) is 17.6 Å². The van der Waals surface area contributed by atoms with Crippen LogP contribution in [0.4, 0.5) is 0 Å². The van der Waals surface area contributed by atoms with Crippen molar-refractivity contribution in [2.45, 2.75) is 20.3 Å². The van der Waals surface area contributed by atoms with Crippen LogP contribution in [0.3, 0.4) is 0 Å². The van der Waals surface area contributed by atoms with Crippen molar-refractivity contribution >= 4 is 15.9 Å². The fraction of sp³-hybridized carbons (Fsp3) is 0.909. The first kappa shape index (κ1) is 15.4. The molecule has 1 saturated heterocycles. The Hall–Kier alpha value is -0.660. The second kappa shape index (κ2) is 6.49. The van der Waals surface area contributed by atoms with Gasteiger partial charge in [0.1, 0.15) is 0 Å². The molecule has 2 N–H and O–H groups in total. The molecule has 18 heavy (non-hydrogen) atoms. The highest BCUT2D eigenvalue weighted by Crippen LogP contribution is 2.18. The minimum Gasteiger partial charge on any atom is -0.341 e. The van der Waals surface area contributed by atoms with E-state index in [2.05, 4.69) is 18.7 Å². The predicted molar refractivity (Wildman–Crippen MR) is 70.4 cm³/mol. The summed E-state index contributed by atoms with van der Waals surface area (Å²) in [6, 6.07) is 0. The number of likely N-dealkylation sites (tertiary alicyclic amines) is 1. The lowest BCUT2D eigenvalue weighted by molar-refractivity contribution is -0.127. The summed E-state index contributed by atoms with van der Waals surface area (Å²) in [5, 5.41) is 5.01. The maximum absolute atomic E-state index is 11.7. The van der Waals surface area contributed by atoms with Crippen molar-refractivity contribution in [2.75, 3.05) is 38.5 Å². The topological polar surface area (TPSA) is 83.7 Å². The smallest absolute Gasteiger partial charge is 0.223 e. The van der Waals surface area contributed by atoms with Crippen LogP contribution in [0.25, 0.3) is 0 Å². The Balaban J connectivity index is 2.42. The summed E-state index contributed by atoms with van der Waals surface area (Å²) in [6.07, 6.45) is 0.300. The third kappa shape index (κ3) is 4.91. The Kier molecular flexibility index (Phi) is 5.55. The molecule has 0 radical (unpaired) electrons. The largest absolute Gasteiger partial charge is 0.341 e. The third-order valence-corrected chi connectivity index (χ3v) is 4.28. The van der Waals surface area contributed by atoms with Gasteiger partial charge in [-0.05, 0) is 13.1 Å². The number of hydrogen-bond acceptors (Lipinski definition) is 4. The van der Waals surface area contributed by atoms with Gasteiger partial charge in [-0.25, -0.2) is 13.6 Å². The lowest BCUT2D eigenvalue weighted by Crippen LogP contribution is -2.36. The summed E-state index contributed by atoms with van der Waals surface area (Å²) in [5.41, 5.74) is 0. The summed E-state index contributed by atoms with van der Waals surface area (Å²) < 4.78 is 22.0. The fourth-order valence-electron chi connectivity index (χ4n) is 2.31. The molecule has 106 valence electrons. The summed E-state index contributed by atoms with van der Waals surface area (Å²) in [5.74, 6) is -0.208. The summed E-state index contributed by atoms with van der Waals surface area (Å²) in [6.45, 7) is 8.09. The zero-order valence-corrected chi connectivity index (χ0v) is 11.9. The molecule has 1 amide bonds. The third-order valence-electron chi connectivity index (χ3n) is 3.34. The molecule has 0 aromatic rings. The molecule has 7 heteroatoms. The Morgan fingerprint density at radius 3 is 2.50 bits per heavy atom. The Bertz CT molecular complexity index is 379. The molecule has 6 nitrogen and oxygen atoms in total. The molecular weight excluding hydrogens is 254 g/mol. The predicted octanol–water partition coefficient (Wildman–Crippen LogP) is -0.535. The number of carbonyl (C=O) groups excluding carboxylic acids is 1. The summed E-state index contributed by atoms with van der Waals surface area (Å²) in [7, 11) is -3.48. The quantitative estimate of drug-likeness (QED) is 0.678. The Morgan fingerprint density at radius 2 is 2.00 bits per heavy atom. The number of nitrogens with two attached hydrogens (primary N) is 1. The first-order valence-corrected chi connectivity index (χ1v) is 8.07. The molecule has 1 heterocycles. The maximum Gasteiger partial charge on any atom is 0.223 e. The van der Waals surface area contributed by atoms with Crippen LogP contribution >= 0.6 is 0 Å². The van der Waals surface area contributed by atoms with Gasteiger partial charge in [0.25, 0.3) is 0 Å². The zero-order chi connectivity index (χ0) is 13.8. The standard InChI is InChI=1S/C11H23N3O3S/c1-3-13(4-2)5-6-14-8-10(7-11(14)15)9-18(12,16)17/h10H,3-9H2,1-2H3,(H2,12,16,17). The molecule has 0 aromatic carbocycles. The van der Waals surface area contributed by atoms with Crippen molar-refractivity contribution in [3.8, 4) is 0 Å².